The van der Waals surface area contributed by atoms with Crippen molar-refractivity contribution in [3.8, 4) is 5.75 Å². The van der Waals surface area contributed by atoms with E-state index in [1.54, 1.807) is 0 Å². The molecule has 114 valence electrons. The van der Waals surface area contributed by atoms with Gasteiger partial charge in [-0.1, -0.05) is 39.8 Å². The summed E-state index contributed by atoms with van der Waals surface area (Å²) in [6.07, 6.45) is 0.722. The summed E-state index contributed by atoms with van der Waals surface area (Å²) in [5.74, 6) is 1.93. The smallest absolute Gasteiger partial charge is 0.122 e. The predicted octanol–water partition coefficient (Wildman–Crippen LogP) is 3.49. The van der Waals surface area contributed by atoms with E-state index in [0.29, 0.717) is 11.8 Å². The number of hydrogen-bond donors (Lipinski definition) is 2. The highest BCUT2D eigenvalue weighted by atomic mass is 16.5. The molecule has 0 heterocycles. The lowest BCUT2D eigenvalue weighted by Gasteiger charge is -2.20. The van der Waals surface area contributed by atoms with Crippen molar-refractivity contribution in [2.24, 2.45) is 5.92 Å². The SMILES string of the molecule is CNC(CCO)c1ccc(OCC(C)C)c(C(C)C)c1. The molecular weight excluding hydrogens is 250 g/mol. The molecule has 0 amide bonds. The quantitative estimate of drug-likeness (QED) is 0.765. The molecule has 1 rings (SSSR count). The zero-order chi connectivity index (χ0) is 15.1. The minimum Gasteiger partial charge on any atom is -0.493 e. The fourth-order valence-corrected chi connectivity index (χ4v) is 2.23. The van der Waals surface area contributed by atoms with Crippen molar-refractivity contribution in [2.75, 3.05) is 20.3 Å². The van der Waals surface area contributed by atoms with Gasteiger partial charge in [0.1, 0.15) is 5.75 Å². The normalized spacial score (nSPS) is 13.0. The molecule has 1 aromatic rings. The zero-order valence-electron chi connectivity index (χ0n) is 13.4. The molecule has 0 aromatic heterocycles. The number of aliphatic hydroxyl groups is 1. The lowest BCUT2D eigenvalue weighted by Crippen LogP contribution is -2.18. The first-order chi connectivity index (χ1) is 9.49. The predicted molar refractivity (Wildman–Crippen MR) is 84.4 cm³/mol. The molecule has 20 heavy (non-hydrogen) atoms. The van der Waals surface area contributed by atoms with Gasteiger partial charge in [-0.2, -0.15) is 0 Å². The van der Waals surface area contributed by atoms with Gasteiger partial charge in [-0.05, 0) is 42.5 Å². The van der Waals surface area contributed by atoms with Gasteiger partial charge in [0.15, 0.2) is 0 Å². The molecule has 0 aliphatic heterocycles. The van der Waals surface area contributed by atoms with Crippen LogP contribution in [0.5, 0.6) is 5.75 Å². The molecular formula is C17H29NO2. The molecule has 0 bridgehead atoms. The molecule has 1 unspecified atom stereocenters. The van der Waals surface area contributed by atoms with Gasteiger partial charge in [0.25, 0.3) is 0 Å². The third-order valence-electron chi connectivity index (χ3n) is 3.40. The average molecular weight is 279 g/mol. The van der Waals surface area contributed by atoms with Gasteiger partial charge < -0.3 is 15.2 Å². The molecule has 3 heteroatoms. The number of aliphatic hydroxyl groups excluding tert-OH is 1. The maximum absolute atomic E-state index is 9.14. The Kier molecular flexibility index (Phi) is 7.03. The fraction of sp³-hybridized carbons (Fsp3) is 0.647. The van der Waals surface area contributed by atoms with Crippen LogP contribution < -0.4 is 10.1 Å². The van der Waals surface area contributed by atoms with E-state index < -0.39 is 0 Å². The van der Waals surface area contributed by atoms with Crippen molar-refractivity contribution in [3.05, 3.63) is 29.3 Å². The second-order valence-electron chi connectivity index (χ2n) is 6.01. The van der Waals surface area contributed by atoms with Crippen LogP contribution in [0.25, 0.3) is 0 Å². The van der Waals surface area contributed by atoms with Crippen LogP contribution in [-0.2, 0) is 0 Å². The summed E-state index contributed by atoms with van der Waals surface area (Å²) >= 11 is 0. The Hall–Kier alpha value is -1.06. The summed E-state index contributed by atoms with van der Waals surface area (Å²) in [5, 5.41) is 12.4. The summed E-state index contributed by atoms with van der Waals surface area (Å²) in [6, 6.07) is 6.56. The molecule has 0 radical (unpaired) electrons. The monoisotopic (exact) mass is 279 g/mol. The van der Waals surface area contributed by atoms with E-state index in [-0.39, 0.29) is 12.6 Å². The largest absolute Gasteiger partial charge is 0.493 e. The Morgan fingerprint density at radius 1 is 1.20 bits per heavy atom. The van der Waals surface area contributed by atoms with Crippen molar-refractivity contribution in [1.82, 2.24) is 5.32 Å². The Morgan fingerprint density at radius 3 is 2.40 bits per heavy atom. The average Bonchev–Trinajstić information content (AvgIpc) is 2.42. The van der Waals surface area contributed by atoms with Gasteiger partial charge in [-0.3, -0.25) is 0 Å². The number of ether oxygens (including phenoxy) is 1. The molecule has 3 nitrogen and oxygen atoms in total. The first-order valence-electron chi connectivity index (χ1n) is 7.54. The van der Waals surface area contributed by atoms with Crippen LogP contribution in [0.15, 0.2) is 18.2 Å². The molecule has 0 fully saturated rings. The maximum Gasteiger partial charge on any atom is 0.122 e. The molecule has 0 aliphatic rings. The molecule has 1 atom stereocenters. The van der Waals surface area contributed by atoms with Crippen molar-refractivity contribution >= 4 is 0 Å². The first-order valence-corrected chi connectivity index (χ1v) is 7.54. The topological polar surface area (TPSA) is 41.5 Å². The summed E-state index contributed by atoms with van der Waals surface area (Å²) in [5.41, 5.74) is 2.45. The van der Waals surface area contributed by atoms with Crippen molar-refractivity contribution in [1.29, 1.82) is 0 Å². The summed E-state index contributed by atoms with van der Waals surface area (Å²) in [7, 11) is 1.93. The van der Waals surface area contributed by atoms with Gasteiger partial charge >= 0.3 is 0 Å². The highest BCUT2D eigenvalue weighted by Gasteiger charge is 2.14. The molecule has 0 aliphatic carbocycles. The van der Waals surface area contributed by atoms with E-state index >= 15 is 0 Å². The van der Waals surface area contributed by atoms with Gasteiger partial charge in [0.2, 0.25) is 0 Å². The molecule has 0 saturated heterocycles. The van der Waals surface area contributed by atoms with Gasteiger partial charge in [-0.25, -0.2) is 0 Å². The van der Waals surface area contributed by atoms with Crippen LogP contribution in [0.1, 0.15) is 57.2 Å². The Bertz CT molecular complexity index is 402. The van der Waals surface area contributed by atoms with Crippen LogP contribution in [-0.4, -0.2) is 25.4 Å². The van der Waals surface area contributed by atoms with E-state index in [1.165, 1.54) is 11.1 Å². The van der Waals surface area contributed by atoms with E-state index in [0.717, 1.165) is 18.8 Å². The van der Waals surface area contributed by atoms with Crippen molar-refractivity contribution in [2.45, 2.75) is 46.1 Å². The van der Waals surface area contributed by atoms with E-state index in [1.807, 2.05) is 7.05 Å². The van der Waals surface area contributed by atoms with E-state index in [9.17, 15) is 0 Å². The molecule has 0 saturated carbocycles. The number of benzene rings is 1. The van der Waals surface area contributed by atoms with Crippen LogP contribution >= 0.6 is 0 Å². The third-order valence-corrected chi connectivity index (χ3v) is 3.40. The highest BCUT2D eigenvalue weighted by molar-refractivity contribution is 5.40. The Morgan fingerprint density at radius 2 is 1.90 bits per heavy atom. The maximum atomic E-state index is 9.14. The lowest BCUT2D eigenvalue weighted by molar-refractivity contribution is 0.265. The summed E-state index contributed by atoms with van der Waals surface area (Å²) in [6.45, 7) is 9.60. The molecule has 2 N–H and O–H groups in total. The van der Waals surface area contributed by atoms with E-state index in [4.69, 9.17) is 9.84 Å². The van der Waals surface area contributed by atoms with Gasteiger partial charge in [0.05, 0.1) is 6.61 Å². The molecule has 0 spiro atoms. The number of nitrogens with one attached hydrogen (secondary N) is 1. The van der Waals surface area contributed by atoms with E-state index in [2.05, 4.69) is 51.2 Å². The van der Waals surface area contributed by atoms with Crippen molar-refractivity contribution < 1.29 is 9.84 Å². The van der Waals surface area contributed by atoms with Crippen LogP contribution in [0, 0.1) is 5.92 Å². The second-order valence-corrected chi connectivity index (χ2v) is 6.01. The minimum absolute atomic E-state index is 0.189. The van der Waals surface area contributed by atoms with Crippen LogP contribution in [0.4, 0.5) is 0 Å². The second kappa shape index (κ2) is 8.28. The summed E-state index contributed by atoms with van der Waals surface area (Å²) in [4.78, 5) is 0. The van der Waals surface area contributed by atoms with Gasteiger partial charge in [-0.15, -0.1) is 0 Å². The third kappa shape index (κ3) is 4.80. The Balaban J connectivity index is 2.99. The minimum atomic E-state index is 0.189. The zero-order valence-corrected chi connectivity index (χ0v) is 13.4. The summed E-state index contributed by atoms with van der Waals surface area (Å²) < 4.78 is 5.92. The molecule has 1 aromatic carbocycles. The van der Waals surface area contributed by atoms with Crippen LogP contribution in [0.2, 0.25) is 0 Å². The highest BCUT2D eigenvalue weighted by Crippen LogP contribution is 2.30. The Labute approximate surface area is 123 Å². The standard InChI is InChI=1S/C17H29NO2/c1-12(2)11-20-17-7-6-14(10-15(17)13(3)4)16(18-5)8-9-19/h6-7,10,12-13,16,18-19H,8-9,11H2,1-5H3. The number of hydrogen-bond acceptors (Lipinski definition) is 3. The van der Waals surface area contributed by atoms with Crippen LogP contribution in [0.3, 0.4) is 0 Å². The van der Waals surface area contributed by atoms with Crippen molar-refractivity contribution in [3.63, 3.8) is 0 Å². The van der Waals surface area contributed by atoms with Gasteiger partial charge in [0, 0.05) is 12.6 Å². The first kappa shape index (κ1) is 17.0. The fourth-order valence-electron chi connectivity index (χ4n) is 2.23. The number of rotatable bonds is 8. The lowest BCUT2D eigenvalue weighted by atomic mass is 9.95.